The van der Waals surface area contributed by atoms with E-state index in [4.69, 9.17) is 5.11 Å². The highest BCUT2D eigenvalue weighted by Crippen LogP contribution is 2.17. The lowest BCUT2D eigenvalue weighted by Gasteiger charge is -2.22. The third-order valence-corrected chi connectivity index (χ3v) is 3.80. The van der Waals surface area contributed by atoms with Crippen LogP contribution in [0.4, 0.5) is 0 Å². The van der Waals surface area contributed by atoms with Crippen molar-refractivity contribution in [2.75, 3.05) is 11.5 Å². The van der Waals surface area contributed by atoms with Crippen LogP contribution in [0.2, 0.25) is 0 Å². The number of hydrogen-bond donors (Lipinski definition) is 2. The molecule has 2 rings (SSSR count). The molecule has 2 N–H and O–H groups in total. The Balaban J connectivity index is 1.79. The summed E-state index contributed by atoms with van der Waals surface area (Å²) in [6.45, 7) is 0.912. The Bertz CT molecular complexity index is 293. The van der Waals surface area contributed by atoms with Crippen molar-refractivity contribution in [3.8, 4) is 5.75 Å². The summed E-state index contributed by atoms with van der Waals surface area (Å²) < 4.78 is 0. The van der Waals surface area contributed by atoms with Crippen LogP contribution in [-0.4, -0.2) is 22.7 Å². The normalized spacial score (nSPS) is 17.9. The molecule has 1 heterocycles. The highest BCUT2D eigenvalue weighted by Gasteiger charge is 2.12. The molecular weight excluding hydrogens is 206 g/mol. The predicted molar refractivity (Wildman–Crippen MR) is 65.3 cm³/mol. The Kier molecular flexibility index (Phi) is 3.92. The molecule has 1 saturated heterocycles. The first-order chi connectivity index (χ1) is 7.34. The lowest BCUT2D eigenvalue weighted by molar-refractivity contribution is 0.472. The first-order valence-electron chi connectivity index (χ1n) is 5.43. The lowest BCUT2D eigenvalue weighted by Crippen LogP contribution is -2.31. The summed E-state index contributed by atoms with van der Waals surface area (Å²) in [6.07, 6.45) is 2.56. The smallest absolute Gasteiger partial charge is 0.115 e. The number of aromatic hydroxyl groups is 1. The Hall–Kier alpha value is -0.670. The maximum absolute atomic E-state index is 9.15. The quantitative estimate of drug-likeness (QED) is 0.825. The van der Waals surface area contributed by atoms with Gasteiger partial charge in [0, 0.05) is 12.6 Å². The lowest BCUT2D eigenvalue weighted by atomic mass is 10.1. The van der Waals surface area contributed by atoms with Gasteiger partial charge in [0.1, 0.15) is 5.75 Å². The van der Waals surface area contributed by atoms with E-state index in [0.717, 1.165) is 6.54 Å². The van der Waals surface area contributed by atoms with Gasteiger partial charge in [0.2, 0.25) is 0 Å². The molecule has 82 valence electrons. The highest BCUT2D eigenvalue weighted by molar-refractivity contribution is 7.99. The van der Waals surface area contributed by atoms with Crippen LogP contribution in [0.1, 0.15) is 18.4 Å². The van der Waals surface area contributed by atoms with Gasteiger partial charge in [0.05, 0.1) is 0 Å². The summed E-state index contributed by atoms with van der Waals surface area (Å²) in [5.74, 6) is 2.91. The van der Waals surface area contributed by atoms with E-state index in [1.807, 2.05) is 23.9 Å². The Labute approximate surface area is 95.1 Å². The molecule has 0 unspecified atom stereocenters. The van der Waals surface area contributed by atoms with Crippen LogP contribution >= 0.6 is 11.8 Å². The average molecular weight is 223 g/mol. The molecule has 2 nitrogen and oxygen atoms in total. The number of phenolic OH excluding ortho intramolecular Hbond substituents is 1. The zero-order valence-corrected chi connectivity index (χ0v) is 9.59. The van der Waals surface area contributed by atoms with Crippen LogP contribution < -0.4 is 5.32 Å². The number of benzene rings is 1. The van der Waals surface area contributed by atoms with Gasteiger partial charge in [-0.15, -0.1) is 0 Å². The Morgan fingerprint density at radius 1 is 1.20 bits per heavy atom. The standard InChI is InChI=1S/C12H17NOS/c14-12-3-1-10(2-4-12)9-13-11-5-7-15-8-6-11/h1-4,11,13-14H,5-9H2. The maximum atomic E-state index is 9.15. The fraction of sp³-hybridized carbons (Fsp3) is 0.500. The van der Waals surface area contributed by atoms with Crippen LogP contribution in [0.5, 0.6) is 5.75 Å². The monoisotopic (exact) mass is 223 g/mol. The topological polar surface area (TPSA) is 32.3 Å². The van der Waals surface area contributed by atoms with Crippen LogP contribution in [-0.2, 0) is 6.54 Å². The van der Waals surface area contributed by atoms with E-state index in [1.165, 1.54) is 29.9 Å². The maximum Gasteiger partial charge on any atom is 0.115 e. The molecule has 1 aliphatic heterocycles. The van der Waals surface area contributed by atoms with Gasteiger partial charge in [-0.2, -0.15) is 11.8 Å². The average Bonchev–Trinajstić information content (AvgIpc) is 2.30. The van der Waals surface area contributed by atoms with Crippen molar-refractivity contribution in [3.05, 3.63) is 29.8 Å². The molecule has 0 atom stereocenters. The minimum atomic E-state index is 0.341. The predicted octanol–water partition coefficient (Wildman–Crippen LogP) is 2.38. The molecule has 0 spiro atoms. The van der Waals surface area contributed by atoms with Crippen LogP contribution in [0.25, 0.3) is 0 Å². The van der Waals surface area contributed by atoms with Crippen molar-refractivity contribution in [2.24, 2.45) is 0 Å². The van der Waals surface area contributed by atoms with Gasteiger partial charge < -0.3 is 10.4 Å². The van der Waals surface area contributed by atoms with Gasteiger partial charge in [0.25, 0.3) is 0 Å². The van der Waals surface area contributed by atoms with Gasteiger partial charge in [-0.05, 0) is 42.0 Å². The summed E-state index contributed by atoms with van der Waals surface area (Å²) >= 11 is 2.05. The first kappa shape index (κ1) is 10.8. The van der Waals surface area contributed by atoms with Crippen molar-refractivity contribution in [3.63, 3.8) is 0 Å². The van der Waals surface area contributed by atoms with E-state index in [0.29, 0.717) is 11.8 Å². The van der Waals surface area contributed by atoms with Crippen LogP contribution in [0.3, 0.4) is 0 Å². The molecule has 1 aromatic rings. The van der Waals surface area contributed by atoms with Gasteiger partial charge in [-0.3, -0.25) is 0 Å². The molecule has 0 saturated carbocycles. The molecule has 15 heavy (non-hydrogen) atoms. The minimum absolute atomic E-state index is 0.341. The van der Waals surface area contributed by atoms with E-state index in [1.54, 1.807) is 12.1 Å². The third-order valence-electron chi connectivity index (χ3n) is 2.75. The van der Waals surface area contributed by atoms with E-state index in [9.17, 15) is 0 Å². The Morgan fingerprint density at radius 2 is 1.87 bits per heavy atom. The van der Waals surface area contributed by atoms with Crippen molar-refractivity contribution >= 4 is 11.8 Å². The number of hydrogen-bond acceptors (Lipinski definition) is 3. The Morgan fingerprint density at radius 3 is 2.53 bits per heavy atom. The zero-order valence-electron chi connectivity index (χ0n) is 8.78. The summed E-state index contributed by atoms with van der Waals surface area (Å²) in [5.41, 5.74) is 1.24. The van der Waals surface area contributed by atoms with Crippen LogP contribution in [0, 0.1) is 0 Å². The fourth-order valence-electron chi connectivity index (χ4n) is 1.78. The molecule has 1 aliphatic rings. The fourth-order valence-corrected chi connectivity index (χ4v) is 2.88. The van der Waals surface area contributed by atoms with Gasteiger partial charge in [-0.25, -0.2) is 0 Å². The molecule has 0 aromatic heterocycles. The highest BCUT2D eigenvalue weighted by atomic mass is 32.2. The summed E-state index contributed by atoms with van der Waals surface area (Å²) in [6, 6.07) is 8.11. The van der Waals surface area contributed by atoms with Gasteiger partial charge in [-0.1, -0.05) is 12.1 Å². The molecule has 0 radical (unpaired) electrons. The molecule has 3 heteroatoms. The molecule has 1 fully saturated rings. The van der Waals surface area contributed by atoms with E-state index in [2.05, 4.69) is 5.32 Å². The van der Waals surface area contributed by atoms with Crippen molar-refractivity contribution < 1.29 is 5.11 Å². The molecule has 0 aliphatic carbocycles. The zero-order chi connectivity index (χ0) is 10.5. The summed E-state index contributed by atoms with van der Waals surface area (Å²) in [7, 11) is 0. The van der Waals surface area contributed by atoms with Gasteiger partial charge in [0.15, 0.2) is 0 Å². The second-order valence-electron chi connectivity index (χ2n) is 3.93. The molecule has 1 aromatic carbocycles. The molecular formula is C12H17NOS. The largest absolute Gasteiger partial charge is 0.508 e. The first-order valence-corrected chi connectivity index (χ1v) is 6.59. The molecule has 0 amide bonds. The van der Waals surface area contributed by atoms with Crippen molar-refractivity contribution in [2.45, 2.75) is 25.4 Å². The number of nitrogens with one attached hydrogen (secondary N) is 1. The second-order valence-corrected chi connectivity index (χ2v) is 5.16. The number of phenols is 1. The number of thioether (sulfide) groups is 1. The van der Waals surface area contributed by atoms with E-state index in [-0.39, 0.29) is 0 Å². The minimum Gasteiger partial charge on any atom is -0.508 e. The second kappa shape index (κ2) is 5.42. The summed E-state index contributed by atoms with van der Waals surface area (Å²) in [5, 5.41) is 12.7. The van der Waals surface area contributed by atoms with Crippen LogP contribution in [0.15, 0.2) is 24.3 Å². The third kappa shape index (κ3) is 3.43. The van der Waals surface area contributed by atoms with E-state index < -0.39 is 0 Å². The van der Waals surface area contributed by atoms with E-state index >= 15 is 0 Å². The molecule has 0 bridgehead atoms. The van der Waals surface area contributed by atoms with Crippen molar-refractivity contribution in [1.29, 1.82) is 0 Å². The SMILES string of the molecule is Oc1ccc(CNC2CCSCC2)cc1. The van der Waals surface area contributed by atoms with Gasteiger partial charge >= 0.3 is 0 Å². The van der Waals surface area contributed by atoms with Crippen molar-refractivity contribution in [1.82, 2.24) is 5.32 Å². The number of rotatable bonds is 3. The summed E-state index contributed by atoms with van der Waals surface area (Å²) in [4.78, 5) is 0.